The Morgan fingerprint density at radius 1 is 1.00 bits per heavy atom. The Morgan fingerprint density at radius 2 is 1.67 bits per heavy atom. The summed E-state index contributed by atoms with van der Waals surface area (Å²) in [6, 6.07) is 7.33. The number of ether oxygens (including phenoxy) is 1. The molecule has 0 aliphatic heterocycles. The molecule has 2 N–H and O–H groups in total. The van der Waals surface area contributed by atoms with Crippen molar-refractivity contribution in [1.29, 1.82) is 0 Å². The van der Waals surface area contributed by atoms with E-state index in [1.165, 1.54) is 32.1 Å². The summed E-state index contributed by atoms with van der Waals surface area (Å²) in [5, 5.41) is 11.8. The molecule has 0 aromatic heterocycles. The molecule has 2 atom stereocenters. The molecule has 2 saturated carbocycles. The Hall–Kier alpha value is -2.04. The van der Waals surface area contributed by atoms with Gasteiger partial charge in [0.1, 0.15) is 5.75 Å². The van der Waals surface area contributed by atoms with Crippen LogP contribution in [0.15, 0.2) is 24.3 Å². The molecule has 2 aliphatic rings. The number of rotatable bonds is 6. The van der Waals surface area contributed by atoms with Crippen LogP contribution in [0.5, 0.6) is 5.75 Å². The lowest BCUT2D eigenvalue weighted by Crippen LogP contribution is -2.41. The highest BCUT2D eigenvalue weighted by Gasteiger charge is 2.41. The van der Waals surface area contributed by atoms with Crippen LogP contribution < -0.4 is 10.1 Å². The van der Waals surface area contributed by atoms with Gasteiger partial charge in [-0.2, -0.15) is 0 Å². The van der Waals surface area contributed by atoms with E-state index in [4.69, 9.17) is 9.84 Å². The molecule has 2 fully saturated rings. The highest BCUT2D eigenvalue weighted by Crippen LogP contribution is 2.35. The zero-order valence-electron chi connectivity index (χ0n) is 13.9. The van der Waals surface area contributed by atoms with Crippen molar-refractivity contribution in [3.8, 4) is 5.75 Å². The second-order valence-corrected chi connectivity index (χ2v) is 6.96. The molecule has 1 aromatic carbocycles. The van der Waals surface area contributed by atoms with Gasteiger partial charge in [-0.1, -0.05) is 19.3 Å². The molecule has 2 unspecified atom stereocenters. The number of carboxylic acid groups (broad SMARTS) is 1. The fourth-order valence-electron chi connectivity index (χ4n) is 3.55. The van der Waals surface area contributed by atoms with Crippen LogP contribution in [-0.4, -0.2) is 23.6 Å². The lowest BCUT2D eigenvalue weighted by Gasteiger charge is -2.31. The zero-order chi connectivity index (χ0) is 16.9. The van der Waals surface area contributed by atoms with E-state index in [2.05, 4.69) is 5.32 Å². The van der Waals surface area contributed by atoms with Crippen molar-refractivity contribution in [3.05, 3.63) is 24.3 Å². The lowest BCUT2D eigenvalue weighted by molar-refractivity contribution is -0.151. The van der Waals surface area contributed by atoms with Gasteiger partial charge in [-0.05, 0) is 55.9 Å². The van der Waals surface area contributed by atoms with Crippen molar-refractivity contribution in [3.63, 3.8) is 0 Å². The number of anilines is 1. The maximum atomic E-state index is 12.1. The molecule has 2 aliphatic carbocycles. The van der Waals surface area contributed by atoms with Gasteiger partial charge in [0, 0.05) is 5.69 Å². The van der Waals surface area contributed by atoms with Gasteiger partial charge in [0.15, 0.2) is 0 Å². The fraction of sp³-hybridized carbons (Fsp3) is 0.579. The molecule has 5 heteroatoms. The molecule has 0 bridgehead atoms. The number of carbonyl (C=O) groups is 2. The summed E-state index contributed by atoms with van der Waals surface area (Å²) in [5.74, 6) is -0.569. The van der Waals surface area contributed by atoms with Gasteiger partial charge >= 0.3 is 5.97 Å². The molecule has 0 saturated heterocycles. The smallest absolute Gasteiger partial charge is 0.307 e. The van der Waals surface area contributed by atoms with E-state index >= 15 is 0 Å². The van der Waals surface area contributed by atoms with E-state index in [1.54, 1.807) is 0 Å². The van der Waals surface area contributed by atoms with Crippen LogP contribution in [0.2, 0.25) is 0 Å². The molecular weight excluding hydrogens is 306 g/mol. The van der Waals surface area contributed by atoms with Crippen molar-refractivity contribution in [2.75, 3.05) is 11.9 Å². The Morgan fingerprint density at radius 3 is 2.25 bits per heavy atom. The second-order valence-electron chi connectivity index (χ2n) is 6.96. The SMILES string of the molecule is O=C(O)C1CCC1C(=O)Nc1ccc(OCC2CCCCC2)cc1. The van der Waals surface area contributed by atoms with E-state index in [1.807, 2.05) is 24.3 Å². The summed E-state index contributed by atoms with van der Waals surface area (Å²) >= 11 is 0. The van der Waals surface area contributed by atoms with Crippen molar-refractivity contribution < 1.29 is 19.4 Å². The average Bonchev–Trinajstić information content (AvgIpc) is 2.53. The summed E-state index contributed by atoms with van der Waals surface area (Å²) in [4.78, 5) is 23.1. The third-order valence-electron chi connectivity index (χ3n) is 5.26. The van der Waals surface area contributed by atoms with Gasteiger partial charge in [-0.25, -0.2) is 0 Å². The van der Waals surface area contributed by atoms with E-state index in [0.29, 0.717) is 24.4 Å². The first-order chi connectivity index (χ1) is 11.6. The molecule has 24 heavy (non-hydrogen) atoms. The second kappa shape index (κ2) is 7.69. The molecule has 1 aromatic rings. The molecule has 130 valence electrons. The van der Waals surface area contributed by atoms with Crippen molar-refractivity contribution >= 4 is 17.6 Å². The minimum absolute atomic E-state index is 0.204. The summed E-state index contributed by atoms with van der Waals surface area (Å²) in [7, 11) is 0. The summed E-state index contributed by atoms with van der Waals surface area (Å²) in [5.41, 5.74) is 0.682. The van der Waals surface area contributed by atoms with Gasteiger partial charge < -0.3 is 15.2 Å². The quantitative estimate of drug-likeness (QED) is 0.833. The number of carboxylic acids is 1. The number of benzene rings is 1. The first-order valence-electron chi connectivity index (χ1n) is 8.90. The summed E-state index contributed by atoms with van der Waals surface area (Å²) in [6.07, 6.45) is 7.68. The standard InChI is InChI=1S/C19H25NO4/c21-18(16-10-11-17(16)19(22)23)20-14-6-8-15(9-7-14)24-12-13-4-2-1-3-5-13/h6-9,13,16-17H,1-5,10-12H2,(H,20,21)(H,22,23). The van der Waals surface area contributed by atoms with Gasteiger partial charge in [0.25, 0.3) is 0 Å². The minimum Gasteiger partial charge on any atom is -0.493 e. The van der Waals surface area contributed by atoms with E-state index < -0.39 is 17.8 Å². The average molecular weight is 331 g/mol. The van der Waals surface area contributed by atoms with Crippen molar-refractivity contribution in [2.45, 2.75) is 44.9 Å². The number of hydrogen-bond acceptors (Lipinski definition) is 3. The van der Waals surface area contributed by atoms with Crippen LogP contribution in [0.4, 0.5) is 5.69 Å². The van der Waals surface area contributed by atoms with Crippen LogP contribution in [0.1, 0.15) is 44.9 Å². The third kappa shape index (κ3) is 4.08. The Kier molecular flexibility index (Phi) is 5.38. The molecule has 3 rings (SSSR count). The topological polar surface area (TPSA) is 75.6 Å². The molecule has 5 nitrogen and oxygen atoms in total. The number of amides is 1. The summed E-state index contributed by atoms with van der Waals surface area (Å²) < 4.78 is 5.84. The highest BCUT2D eigenvalue weighted by molar-refractivity contribution is 5.96. The van der Waals surface area contributed by atoms with Gasteiger partial charge in [-0.3, -0.25) is 9.59 Å². The number of nitrogens with one attached hydrogen (secondary N) is 1. The maximum absolute atomic E-state index is 12.1. The number of hydrogen-bond donors (Lipinski definition) is 2. The van der Waals surface area contributed by atoms with E-state index in [-0.39, 0.29) is 5.91 Å². The van der Waals surface area contributed by atoms with Crippen LogP contribution in [0.25, 0.3) is 0 Å². The Labute approximate surface area is 142 Å². The predicted molar refractivity (Wildman–Crippen MR) is 91.0 cm³/mol. The molecule has 0 spiro atoms. The van der Waals surface area contributed by atoms with Crippen molar-refractivity contribution in [2.24, 2.45) is 17.8 Å². The molecule has 1 amide bonds. The van der Waals surface area contributed by atoms with Crippen LogP contribution >= 0.6 is 0 Å². The number of aliphatic carboxylic acids is 1. The normalized spacial score (nSPS) is 24.0. The lowest BCUT2D eigenvalue weighted by atomic mass is 9.73. The van der Waals surface area contributed by atoms with Gasteiger partial charge in [-0.15, -0.1) is 0 Å². The predicted octanol–water partition coefficient (Wildman–Crippen LogP) is 3.70. The van der Waals surface area contributed by atoms with Crippen LogP contribution in [0.3, 0.4) is 0 Å². The fourth-order valence-corrected chi connectivity index (χ4v) is 3.55. The van der Waals surface area contributed by atoms with E-state index in [9.17, 15) is 9.59 Å². The Bertz CT molecular complexity index is 578. The zero-order valence-corrected chi connectivity index (χ0v) is 13.9. The van der Waals surface area contributed by atoms with Gasteiger partial charge in [0.05, 0.1) is 18.4 Å². The summed E-state index contributed by atoms with van der Waals surface area (Å²) in [6.45, 7) is 0.758. The van der Waals surface area contributed by atoms with E-state index in [0.717, 1.165) is 12.4 Å². The number of carbonyl (C=O) groups excluding carboxylic acids is 1. The first-order valence-corrected chi connectivity index (χ1v) is 8.90. The first kappa shape index (κ1) is 16.8. The van der Waals surface area contributed by atoms with Crippen molar-refractivity contribution in [1.82, 2.24) is 0 Å². The minimum atomic E-state index is -0.882. The third-order valence-corrected chi connectivity index (χ3v) is 5.26. The van der Waals surface area contributed by atoms with Gasteiger partial charge in [0.2, 0.25) is 5.91 Å². The van der Waals surface area contributed by atoms with Crippen LogP contribution in [-0.2, 0) is 9.59 Å². The highest BCUT2D eigenvalue weighted by atomic mass is 16.5. The largest absolute Gasteiger partial charge is 0.493 e. The molecular formula is C19H25NO4. The Balaban J connectivity index is 1.47. The van der Waals surface area contributed by atoms with Crippen LogP contribution in [0, 0.1) is 17.8 Å². The molecule has 0 radical (unpaired) electrons. The monoisotopic (exact) mass is 331 g/mol. The maximum Gasteiger partial charge on any atom is 0.307 e. The molecule has 0 heterocycles.